The van der Waals surface area contributed by atoms with Crippen LogP contribution in [0.4, 0.5) is 0 Å². The zero-order valence-corrected chi connectivity index (χ0v) is 15.0. The van der Waals surface area contributed by atoms with Crippen LogP contribution in [0.5, 0.6) is 11.5 Å². The van der Waals surface area contributed by atoms with Gasteiger partial charge in [0.2, 0.25) is 0 Å². The van der Waals surface area contributed by atoms with Crippen LogP contribution in [0, 0.1) is 5.92 Å². The minimum Gasteiger partial charge on any atom is -0.493 e. The number of ether oxygens (including phenoxy) is 2. The summed E-state index contributed by atoms with van der Waals surface area (Å²) in [6, 6.07) is 6.37. The first-order chi connectivity index (χ1) is 12.6. The zero-order chi connectivity index (χ0) is 18.5. The lowest BCUT2D eigenvalue weighted by Gasteiger charge is -2.30. The third kappa shape index (κ3) is 4.18. The van der Waals surface area contributed by atoms with Crippen molar-refractivity contribution in [2.75, 3.05) is 13.7 Å². The summed E-state index contributed by atoms with van der Waals surface area (Å²) in [4.78, 5) is 25.6. The van der Waals surface area contributed by atoms with Crippen LogP contribution in [0.2, 0.25) is 0 Å². The molecule has 1 saturated carbocycles. The molecule has 3 rings (SSSR count). The summed E-state index contributed by atoms with van der Waals surface area (Å²) in [7, 11) is 1.55. The Labute approximate surface area is 153 Å². The highest BCUT2D eigenvalue weighted by atomic mass is 16.5. The maximum atomic E-state index is 12.4. The number of rotatable bonds is 7. The lowest BCUT2D eigenvalue weighted by molar-refractivity contribution is -0.148. The molecule has 1 N–H and O–H groups in total. The fourth-order valence-electron chi connectivity index (χ4n) is 3.78. The Morgan fingerprint density at radius 3 is 2.58 bits per heavy atom. The summed E-state index contributed by atoms with van der Waals surface area (Å²) < 4.78 is 11.0. The fourth-order valence-corrected chi connectivity index (χ4v) is 3.78. The predicted molar refractivity (Wildman–Crippen MR) is 96.0 cm³/mol. The average Bonchev–Trinajstić information content (AvgIpc) is 3.00. The summed E-state index contributed by atoms with van der Waals surface area (Å²) in [6.07, 6.45) is 7.49. The van der Waals surface area contributed by atoms with Crippen molar-refractivity contribution in [1.29, 1.82) is 0 Å². The van der Waals surface area contributed by atoms with E-state index in [2.05, 4.69) is 0 Å². The molecule has 26 heavy (non-hydrogen) atoms. The molecule has 0 bridgehead atoms. The molecule has 6 nitrogen and oxygen atoms in total. The number of amides is 1. The van der Waals surface area contributed by atoms with Crippen LogP contribution in [-0.2, 0) is 9.59 Å². The van der Waals surface area contributed by atoms with Crippen LogP contribution in [0.3, 0.4) is 0 Å². The van der Waals surface area contributed by atoms with Crippen molar-refractivity contribution in [2.24, 2.45) is 5.92 Å². The van der Waals surface area contributed by atoms with Gasteiger partial charge in [-0.25, -0.2) is 4.79 Å². The van der Waals surface area contributed by atoms with Crippen molar-refractivity contribution in [3.63, 3.8) is 0 Å². The molecule has 1 aliphatic carbocycles. The van der Waals surface area contributed by atoms with E-state index in [0.29, 0.717) is 29.6 Å². The number of carbonyl (C=O) groups is 2. The van der Waals surface area contributed by atoms with Gasteiger partial charge in [-0.1, -0.05) is 44.2 Å². The number of carboxylic acid groups (broad SMARTS) is 1. The Balaban J connectivity index is 1.67. The molecule has 0 aromatic heterocycles. The first kappa shape index (κ1) is 18.3. The molecule has 1 aliphatic heterocycles. The number of nitrogens with zero attached hydrogens (tertiary/aromatic N) is 1. The summed E-state index contributed by atoms with van der Waals surface area (Å²) in [6.45, 7) is 0.167. The quantitative estimate of drug-likeness (QED) is 0.809. The van der Waals surface area contributed by atoms with Crippen molar-refractivity contribution in [2.45, 2.75) is 44.6 Å². The first-order valence-corrected chi connectivity index (χ1v) is 9.13. The number of benzene rings is 1. The molecule has 1 aromatic carbocycles. The van der Waals surface area contributed by atoms with E-state index in [9.17, 15) is 14.7 Å². The van der Waals surface area contributed by atoms with E-state index in [1.807, 2.05) is 12.1 Å². The second-order valence-electron chi connectivity index (χ2n) is 6.92. The third-order valence-electron chi connectivity index (χ3n) is 5.15. The Kier molecular flexibility index (Phi) is 5.81. The van der Waals surface area contributed by atoms with E-state index in [1.165, 1.54) is 17.4 Å². The molecule has 0 radical (unpaired) electrons. The lowest BCUT2D eigenvalue weighted by Crippen LogP contribution is -2.44. The largest absolute Gasteiger partial charge is 0.493 e. The Hall–Kier alpha value is -2.50. The van der Waals surface area contributed by atoms with Crippen molar-refractivity contribution in [1.82, 2.24) is 4.90 Å². The minimum absolute atomic E-state index is 0.167. The highest BCUT2D eigenvalue weighted by Gasteiger charge is 2.36. The molecule has 1 amide bonds. The van der Waals surface area contributed by atoms with Crippen molar-refractivity contribution in [3.8, 4) is 11.5 Å². The predicted octanol–water partition coefficient (Wildman–Crippen LogP) is 3.22. The summed E-state index contributed by atoms with van der Waals surface area (Å²) in [5.41, 5.74) is 0. The van der Waals surface area contributed by atoms with Gasteiger partial charge in [0.05, 0.1) is 13.7 Å². The van der Waals surface area contributed by atoms with E-state index in [-0.39, 0.29) is 12.5 Å². The first-order valence-electron chi connectivity index (χ1n) is 9.13. The standard InChI is InChI=1S/C20H25NO5/c1-25-17-9-5-6-10-18(17)26-15-12-19(22)21(13-15)16(20(23)24)11-14-7-3-2-4-8-14/h5-6,9-10,12,14,16H,2-4,7-8,11,13H2,1H3,(H,23,24)/t16-/m0/s1. The Morgan fingerprint density at radius 2 is 1.92 bits per heavy atom. The van der Waals surface area contributed by atoms with Crippen LogP contribution in [-0.4, -0.2) is 41.6 Å². The number of carbonyl (C=O) groups excluding carboxylic acids is 1. The minimum atomic E-state index is -0.948. The zero-order valence-electron chi connectivity index (χ0n) is 15.0. The molecule has 2 aliphatic rings. The normalized spacial score (nSPS) is 19.2. The van der Waals surface area contributed by atoms with Crippen LogP contribution in [0.25, 0.3) is 0 Å². The van der Waals surface area contributed by atoms with Gasteiger partial charge in [-0.2, -0.15) is 0 Å². The molecule has 1 atom stereocenters. The Morgan fingerprint density at radius 1 is 1.23 bits per heavy atom. The molecule has 140 valence electrons. The smallest absolute Gasteiger partial charge is 0.326 e. The van der Waals surface area contributed by atoms with E-state index in [1.54, 1.807) is 19.2 Å². The molecular formula is C20H25NO5. The fraction of sp³-hybridized carbons (Fsp3) is 0.500. The number of para-hydroxylation sites is 2. The second-order valence-corrected chi connectivity index (χ2v) is 6.92. The third-order valence-corrected chi connectivity index (χ3v) is 5.15. The molecule has 0 saturated heterocycles. The average molecular weight is 359 g/mol. The van der Waals surface area contributed by atoms with Gasteiger partial charge < -0.3 is 19.5 Å². The van der Waals surface area contributed by atoms with Gasteiger partial charge in [0.25, 0.3) is 5.91 Å². The molecule has 1 aromatic rings. The highest BCUT2D eigenvalue weighted by Crippen LogP contribution is 2.32. The van der Waals surface area contributed by atoms with Gasteiger partial charge in [0.15, 0.2) is 11.5 Å². The van der Waals surface area contributed by atoms with Gasteiger partial charge in [-0.15, -0.1) is 0 Å². The number of hydrogen-bond donors (Lipinski definition) is 1. The highest BCUT2D eigenvalue weighted by molar-refractivity contribution is 5.94. The molecule has 0 unspecified atom stereocenters. The molecule has 6 heteroatoms. The van der Waals surface area contributed by atoms with Crippen LogP contribution >= 0.6 is 0 Å². The number of aliphatic carboxylic acids is 1. The number of hydrogen-bond acceptors (Lipinski definition) is 4. The number of methoxy groups -OCH3 is 1. The van der Waals surface area contributed by atoms with Crippen LogP contribution in [0.15, 0.2) is 36.1 Å². The second kappa shape index (κ2) is 8.25. The van der Waals surface area contributed by atoms with Gasteiger partial charge in [-0.3, -0.25) is 4.79 Å². The van der Waals surface area contributed by atoms with Gasteiger partial charge in [-0.05, 0) is 24.5 Å². The van der Waals surface area contributed by atoms with E-state index in [0.717, 1.165) is 25.7 Å². The van der Waals surface area contributed by atoms with E-state index >= 15 is 0 Å². The Bertz CT molecular complexity index is 693. The summed E-state index contributed by atoms with van der Waals surface area (Å²) in [5, 5.41) is 9.66. The molecule has 1 heterocycles. The SMILES string of the molecule is COc1ccccc1OC1=CC(=O)N([C@@H](CC2CCCCC2)C(=O)O)C1. The van der Waals surface area contributed by atoms with Crippen LogP contribution in [0.1, 0.15) is 38.5 Å². The maximum absolute atomic E-state index is 12.4. The summed E-state index contributed by atoms with van der Waals surface area (Å²) in [5.74, 6) is 0.631. The topological polar surface area (TPSA) is 76.1 Å². The van der Waals surface area contributed by atoms with Crippen molar-refractivity contribution >= 4 is 11.9 Å². The monoisotopic (exact) mass is 359 g/mol. The molecule has 0 spiro atoms. The molecular weight excluding hydrogens is 334 g/mol. The number of carboxylic acids is 1. The van der Waals surface area contributed by atoms with Crippen molar-refractivity contribution < 1.29 is 24.2 Å². The van der Waals surface area contributed by atoms with Crippen molar-refractivity contribution in [3.05, 3.63) is 36.1 Å². The van der Waals surface area contributed by atoms with E-state index in [4.69, 9.17) is 9.47 Å². The maximum Gasteiger partial charge on any atom is 0.326 e. The molecule has 1 fully saturated rings. The van der Waals surface area contributed by atoms with Crippen LogP contribution < -0.4 is 9.47 Å². The van der Waals surface area contributed by atoms with Gasteiger partial charge in [0, 0.05) is 6.08 Å². The van der Waals surface area contributed by atoms with E-state index < -0.39 is 12.0 Å². The lowest BCUT2D eigenvalue weighted by atomic mass is 9.84. The van der Waals surface area contributed by atoms with Gasteiger partial charge >= 0.3 is 5.97 Å². The summed E-state index contributed by atoms with van der Waals surface area (Å²) >= 11 is 0. The van der Waals surface area contributed by atoms with Gasteiger partial charge in [0.1, 0.15) is 11.8 Å².